The Morgan fingerprint density at radius 3 is 2.08 bits per heavy atom. The van der Waals surface area contributed by atoms with E-state index in [4.69, 9.17) is 5.73 Å². The van der Waals surface area contributed by atoms with Crippen LogP contribution in [-0.4, -0.2) is 17.8 Å². The minimum absolute atomic E-state index is 0.0240. The van der Waals surface area contributed by atoms with Crippen LogP contribution < -0.4 is 21.7 Å². The Balaban J connectivity index is 1.62. The van der Waals surface area contributed by atoms with Gasteiger partial charge in [0.05, 0.1) is 0 Å². The van der Waals surface area contributed by atoms with Gasteiger partial charge in [0.2, 0.25) is 5.91 Å². The topological polar surface area (TPSA) is 113 Å². The molecule has 1 fully saturated rings. The van der Waals surface area contributed by atoms with E-state index in [1.165, 1.54) is 0 Å². The lowest BCUT2D eigenvalue weighted by molar-refractivity contribution is -0.117. The van der Waals surface area contributed by atoms with Crippen molar-refractivity contribution < 1.29 is 14.4 Å². The molecule has 0 atom stereocenters. The lowest BCUT2D eigenvalue weighted by atomic mass is 10.2. The van der Waals surface area contributed by atoms with Crippen molar-refractivity contribution in [3.05, 3.63) is 54.1 Å². The van der Waals surface area contributed by atoms with Crippen LogP contribution in [0.2, 0.25) is 0 Å². The zero-order valence-corrected chi connectivity index (χ0v) is 13.4. The van der Waals surface area contributed by atoms with Crippen LogP contribution in [0.3, 0.4) is 0 Å². The Kier molecular flexibility index (Phi) is 4.65. The van der Waals surface area contributed by atoms with E-state index in [1.807, 2.05) is 0 Å². The lowest BCUT2D eigenvalue weighted by Gasteiger charge is -2.09. The van der Waals surface area contributed by atoms with Crippen molar-refractivity contribution in [2.45, 2.75) is 12.8 Å². The Hall–Kier alpha value is -3.35. The van der Waals surface area contributed by atoms with Gasteiger partial charge in [-0.25, -0.2) is 4.79 Å². The van der Waals surface area contributed by atoms with Gasteiger partial charge in [-0.15, -0.1) is 0 Å². The highest BCUT2D eigenvalue weighted by Crippen LogP contribution is 2.30. The number of benzene rings is 2. The van der Waals surface area contributed by atoms with Gasteiger partial charge in [0, 0.05) is 28.5 Å². The normalized spacial score (nSPS) is 13.0. The summed E-state index contributed by atoms with van der Waals surface area (Å²) in [7, 11) is 0. The Bertz CT molecular complexity index is 813. The third kappa shape index (κ3) is 4.57. The molecule has 25 heavy (non-hydrogen) atoms. The molecule has 7 nitrogen and oxygen atoms in total. The Morgan fingerprint density at radius 1 is 0.840 bits per heavy atom. The van der Waals surface area contributed by atoms with Gasteiger partial charge < -0.3 is 21.7 Å². The van der Waals surface area contributed by atoms with E-state index in [2.05, 4.69) is 16.0 Å². The van der Waals surface area contributed by atoms with Gasteiger partial charge in [0.1, 0.15) is 0 Å². The highest BCUT2D eigenvalue weighted by molar-refractivity contribution is 6.05. The van der Waals surface area contributed by atoms with E-state index >= 15 is 0 Å². The van der Waals surface area contributed by atoms with Crippen LogP contribution in [0.1, 0.15) is 23.2 Å². The van der Waals surface area contributed by atoms with Crippen molar-refractivity contribution in [1.82, 2.24) is 0 Å². The first kappa shape index (κ1) is 16.5. The predicted octanol–water partition coefficient (Wildman–Crippen LogP) is 2.78. The van der Waals surface area contributed by atoms with Crippen molar-refractivity contribution >= 4 is 34.9 Å². The highest BCUT2D eigenvalue weighted by atomic mass is 16.2. The molecule has 0 saturated heterocycles. The molecule has 2 aromatic rings. The molecule has 1 aliphatic carbocycles. The molecule has 0 aromatic heterocycles. The van der Waals surface area contributed by atoms with Gasteiger partial charge in [0.25, 0.3) is 5.91 Å². The minimum atomic E-state index is -0.674. The maximum absolute atomic E-state index is 12.3. The molecule has 0 aliphatic heterocycles. The summed E-state index contributed by atoms with van der Waals surface area (Å²) in [6, 6.07) is 12.7. The van der Waals surface area contributed by atoms with Gasteiger partial charge in [0.15, 0.2) is 0 Å². The van der Waals surface area contributed by atoms with E-state index in [0.717, 1.165) is 12.8 Å². The molecule has 5 N–H and O–H groups in total. The van der Waals surface area contributed by atoms with Crippen LogP contribution in [0.4, 0.5) is 21.9 Å². The predicted molar refractivity (Wildman–Crippen MR) is 95.4 cm³/mol. The maximum Gasteiger partial charge on any atom is 0.316 e. The zero-order chi connectivity index (χ0) is 17.8. The van der Waals surface area contributed by atoms with E-state index in [-0.39, 0.29) is 17.7 Å². The number of amides is 4. The first-order valence-electron chi connectivity index (χ1n) is 7.90. The van der Waals surface area contributed by atoms with Crippen LogP contribution in [0, 0.1) is 5.92 Å². The molecule has 3 rings (SSSR count). The second-order valence-corrected chi connectivity index (χ2v) is 5.87. The molecule has 2 aromatic carbocycles. The summed E-state index contributed by atoms with van der Waals surface area (Å²) in [5, 5.41) is 8.01. The number of nitrogens with two attached hydrogens (primary N) is 1. The summed E-state index contributed by atoms with van der Waals surface area (Å²) < 4.78 is 0. The van der Waals surface area contributed by atoms with Gasteiger partial charge in [-0.1, -0.05) is 6.07 Å². The van der Waals surface area contributed by atoms with E-state index in [1.54, 1.807) is 48.5 Å². The lowest BCUT2D eigenvalue weighted by Crippen LogP contribution is -2.19. The maximum atomic E-state index is 12.3. The summed E-state index contributed by atoms with van der Waals surface area (Å²) in [5.41, 5.74) is 7.21. The van der Waals surface area contributed by atoms with E-state index in [0.29, 0.717) is 22.6 Å². The molecule has 1 saturated carbocycles. The van der Waals surface area contributed by atoms with Crippen molar-refractivity contribution in [2.75, 3.05) is 16.0 Å². The summed E-state index contributed by atoms with van der Waals surface area (Å²) >= 11 is 0. The van der Waals surface area contributed by atoms with E-state index in [9.17, 15) is 14.4 Å². The van der Waals surface area contributed by atoms with Crippen molar-refractivity contribution in [2.24, 2.45) is 11.7 Å². The number of carbonyl (C=O) groups is 3. The second kappa shape index (κ2) is 7.04. The summed E-state index contributed by atoms with van der Waals surface area (Å²) in [6.07, 6.45) is 1.88. The van der Waals surface area contributed by atoms with Gasteiger partial charge in [-0.3, -0.25) is 9.59 Å². The van der Waals surface area contributed by atoms with Gasteiger partial charge in [-0.2, -0.15) is 0 Å². The van der Waals surface area contributed by atoms with Crippen LogP contribution in [0.25, 0.3) is 0 Å². The molecule has 0 heterocycles. The fraction of sp³-hybridized carbons (Fsp3) is 0.167. The average Bonchev–Trinajstić information content (AvgIpc) is 3.40. The summed E-state index contributed by atoms with van der Waals surface area (Å²) in [4.78, 5) is 34.9. The third-order valence-corrected chi connectivity index (χ3v) is 3.75. The molecule has 128 valence electrons. The number of anilines is 3. The Labute approximate surface area is 144 Å². The van der Waals surface area contributed by atoms with Crippen LogP contribution in [0.15, 0.2) is 48.5 Å². The first-order valence-corrected chi connectivity index (χ1v) is 7.90. The largest absolute Gasteiger partial charge is 0.351 e. The van der Waals surface area contributed by atoms with Crippen molar-refractivity contribution in [3.63, 3.8) is 0 Å². The number of carbonyl (C=O) groups excluding carboxylic acids is 3. The monoisotopic (exact) mass is 338 g/mol. The summed E-state index contributed by atoms with van der Waals surface area (Å²) in [5.74, 6) is -0.142. The van der Waals surface area contributed by atoms with Crippen LogP contribution in [-0.2, 0) is 4.79 Å². The Morgan fingerprint density at radius 2 is 1.48 bits per heavy atom. The standard InChI is InChI=1S/C18H18N4O3/c19-18(25)22-15-3-1-2-14(10-15)21-17(24)12-6-8-13(9-7-12)20-16(23)11-4-5-11/h1-3,6-11H,4-5H2,(H,20,23)(H,21,24)(H3,19,22,25). The second-order valence-electron chi connectivity index (χ2n) is 5.87. The average molecular weight is 338 g/mol. The molecule has 0 radical (unpaired) electrons. The minimum Gasteiger partial charge on any atom is -0.351 e. The van der Waals surface area contributed by atoms with E-state index < -0.39 is 6.03 Å². The van der Waals surface area contributed by atoms with Crippen molar-refractivity contribution in [3.8, 4) is 0 Å². The van der Waals surface area contributed by atoms with Crippen LogP contribution in [0.5, 0.6) is 0 Å². The molecule has 1 aliphatic rings. The zero-order valence-electron chi connectivity index (χ0n) is 13.4. The number of urea groups is 1. The molecule has 0 spiro atoms. The highest BCUT2D eigenvalue weighted by Gasteiger charge is 2.29. The number of hydrogen-bond acceptors (Lipinski definition) is 3. The smallest absolute Gasteiger partial charge is 0.316 e. The number of hydrogen-bond donors (Lipinski definition) is 4. The van der Waals surface area contributed by atoms with Gasteiger partial charge >= 0.3 is 6.03 Å². The third-order valence-electron chi connectivity index (χ3n) is 3.75. The fourth-order valence-corrected chi connectivity index (χ4v) is 2.32. The van der Waals surface area contributed by atoms with Crippen LogP contribution >= 0.6 is 0 Å². The van der Waals surface area contributed by atoms with Gasteiger partial charge in [-0.05, 0) is 55.3 Å². The SMILES string of the molecule is NC(=O)Nc1cccc(NC(=O)c2ccc(NC(=O)C3CC3)cc2)c1. The fourth-order valence-electron chi connectivity index (χ4n) is 2.32. The molecule has 7 heteroatoms. The molecule has 4 amide bonds. The number of rotatable bonds is 5. The number of primary amides is 1. The molecule has 0 bridgehead atoms. The molecular weight excluding hydrogens is 320 g/mol. The summed E-state index contributed by atoms with van der Waals surface area (Å²) in [6.45, 7) is 0. The number of nitrogens with one attached hydrogen (secondary N) is 3. The quantitative estimate of drug-likeness (QED) is 0.672. The molecule has 0 unspecified atom stereocenters. The molecular formula is C18H18N4O3. The van der Waals surface area contributed by atoms with Crippen molar-refractivity contribution in [1.29, 1.82) is 0 Å². The first-order chi connectivity index (χ1) is 12.0.